The van der Waals surface area contributed by atoms with Crippen LogP contribution >= 0.6 is 0 Å². The number of para-hydroxylation sites is 1. The van der Waals surface area contributed by atoms with E-state index in [1.54, 1.807) is 96.2 Å². The molecule has 0 fully saturated rings. The van der Waals surface area contributed by atoms with Crippen molar-refractivity contribution in [1.82, 2.24) is 25.8 Å². The number of anilines is 2. The van der Waals surface area contributed by atoms with Crippen molar-refractivity contribution in [3.8, 4) is 17.2 Å². The quantitative estimate of drug-likeness (QED) is 0.00889. The van der Waals surface area contributed by atoms with Gasteiger partial charge in [0.25, 0.3) is 23.5 Å². The number of aliphatic hydroxyl groups excluding tert-OH is 3. The minimum atomic E-state index is -1.98. The molecule has 4 heterocycles. The van der Waals surface area contributed by atoms with Crippen molar-refractivity contribution < 1.29 is 86.9 Å². The number of methoxy groups -OCH3 is 1. The Bertz CT molecular complexity index is 4030. The number of imide groups is 1. The molecule has 27 nitrogen and oxygen atoms in total. The number of unbranched alkanes of at least 4 members (excludes halogenated alkanes) is 2. The maximum absolute atomic E-state index is 14.8. The molecule has 0 saturated heterocycles. The number of hydrogen-bond donors (Lipinski definition) is 10. The van der Waals surface area contributed by atoms with E-state index in [9.17, 15) is 63.6 Å². The normalized spacial score (nSPS) is 24.7. The van der Waals surface area contributed by atoms with Gasteiger partial charge in [-0.25, -0.2) is 9.78 Å². The fourth-order valence-corrected chi connectivity index (χ4v) is 12.4. The molecule has 1 aromatic heterocycles. The lowest BCUT2D eigenvalue weighted by Gasteiger charge is -2.38. The number of nitrogens with zero attached hydrogens (tertiary/aromatic N) is 2. The van der Waals surface area contributed by atoms with E-state index in [0.29, 0.717) is 30.5 Å². The smallest absolute Gasteiger partial charge is 0.312 e. The molecule has 98 heavy (non-hydrogen) atoms. The Labute approximate surface area is 566 Å². The van der Waals surface area contributed by atoms with Gasteiger partial charge in [-0.05, 0) is 81.4 Å². The number of benzene rings is 4. The summed E-state index contributed by atoms with van der Waals surface area (Å²) in [6.45, 7) is 16.2. The zero-order chi connectivity index (χ0) is 71.6. The van der Waals surface area contributed by atoms with E-state index >= 15 is 0 Å². The zero-order valence-corrected chi connectivity index (χ0v) is 56.8. The van der Waals surface area contributed by atoms with Crippen molar-refractivity contribution in [3.63, 3.8) is 0 Å². The van der Waals surface area contributed by atoms with Crippen molar-refractivity contribution in [2.45, 2.75) is 163 Å². The van der Waals surface area contributed by atoms with Crippen LogP contribution in [0.5, 0.6) is 17.2 Å². The number of fused-ring (bicyclic) bond motifs is 2. The van der Waals surface area contributed by atoms with Crippen LogP contribution in [0.4, 0.5) is 16.2 Å². The van der Waals surface area contributed by atoms with Crippen LogP contribution in [0.3, 0.4) is 0 Å². The zero-order valence-electron chi connectivity index (χ0n) is 56.8. The minimum absolute atomic E-state index is 0.0146. The van der Waals surface area contributed by atoms with Gasteiger partial charge in [0.05, 0.1) is 30.0 Å². The molecule has 27 heteroatoms. The molecule has 8 amide bonds. The van der Waals surface area contributed by atoms with Crippen LogP contribution in [-0.2, 0) is 54.4 Å². The molecule has 0 radical (unpaired) electrons. The topological polar surface area (TPSA) is 396 Å². The van der Waals surface area contributed by atoms with E-state index in [2.05, 4.69) is 26.6 Å². The standard InChI is InChI=1S/C71H88N8O19/c1-35(2)55(76-49(81)23-13-12-14-32-79-50(82)28-29-51(79)83)69(91)75-45(20-17-31-73-70(72)92)68(90)74-44-26-24-43(25-27-44)34-94-47-21-16-22-48-56(47)77-57-52-53-61(86)41(8)64-54(52)66(88)71(10,98-64)95-33-30-46(93-11)38(5)63(96-42(9)80)40(7)60(85)39(6)59(84)36(3)18-15-19-37(4)67(89)78-58(62(53)87)65(57)97-48/h15-16,18-19,21-22,24-30,33,35-36,38-40,45-46,55,59-60,63,66,84-85,87-88H,12-14,17,20,23,31-32,34H2,1-11H3,(H,74,90)(H,75,91)(H,76,81)(H,78,89)(H3,72,73,92)/b18-15+,33-30+,37-19-/t36-,38+,39+,40+,45-,46-,55-,59-,60+,63+,66?,71-/m0/s1. The second-order valence-corrected chi connectivity index (χ2v) is 25.7. The number of ether oxygens (including phenoxy) is 5. The molecule has 4 aromatic carbocycles. The first-order valence-corrected chi connectivity index (χ1v) is 32.7. The van der Waals surface area contributed by atoms with Gasteiger partial charge in [0.1, 0.15) is 53.0 Å². The Morgan fingerprint density at radius 2 is 1.55 bits per heavy atom. The number of phenolic OH excluding ortho intramolecular Hbond substituents is 1. The minimum Gasteiger partial charge on any atom is -0.505 e. The highest BCUT2D eigenvalue weighted by atomic mass is 16.7. The molecule has 4 bridgehead atoms. The Morgan fingerprint density at radius 1 is 0.847 bits per heavy atom. The lowest BCUT2D eigenvalue weighted by atomic mass is 9.78. The van der Waals surface area contributed by atoms with Crippen LogP contribution in [0.25, 0.3) is 33.0 Å². The van der Waals surface area contributed by atoms with Gasteiger partial charge in [0, 0.05) is 104 Å². The number of aromatic nitrogens is 1. The number of primary amides is 1. The monoisotopic (exact) mass is 1360 g/mol. The van der Waals surface area contributed by atoms with Crippen molar-refractivity contribution in [3.05, 3.63) is 118 Å². The van der Waals surface area contributed by atoms with Gasteiger partial charge in [0.2, 0.25) is 17.7 Å². The van der Waals surface area contributed by atoms with Gasteiger partial charge in [-0.15, -0.1) is 0 Å². The molecule has 3 aliphatic heterocycles. The molecular weight excluding hydrogens is 1270 g/mol. The summed E-state index contributed by atoms with van der Waals surface area (Å²) in [5.74, 6) is -9.43. The Hall–Kier alpha value is -9.70. The number of aliphatic hydroxyl groups is 3. The number of phenols is 1. The van der Waals surface area contributed by atoms with Gasteiger partial charge in [-0.1, -0.05) is 84.4 Å². The molecule has 0 aliphatic carbocycles. The Balaban J connectivity index is 1.08. The van der Waals surface area contributed by atoms with Crippen LogP contribution < -0.4 is 47.2 Å². The van der Waals surface area contributed by atoms with E-state index in [4.69, 9.17) is 38.8 Å². The van der Waals surface area contributed by atoms with Gasteiger partial charge >= 0.3 is 12.0 Å². The summed E-state index contributed by atoms with van der Waals surface area (Å²) in [4.78, 5) is 124. The number of esters is 1. The molecule has 3 aliphatic rings. The molecular formula is C71H88N8O19. The summed E-state index contributed by atoms with van der Waals surface area (Å²) in [7, 11) is 1.43. The summed E-state index contributed by atoms with van der Waals surface area (Å²) < 4.78 is 37.3. The second kappa shape index (κ2) is 32.1. The molecule has 8 rings (SSSR count). The fourth-order valence-electron chi connectivity index (χ4n) is 12.4. The van der Waals surface area contributed by atoms with Crippen LogP contribution in [0, 0.1) is 36.5 Å². The highest BCUT2D eigenvalue weighted by Gasteiger charge is 2.50. The third kappa shape index (κ3) is 16.8. The fraction of sp³-hybridized carbons (Fsp3) is 0.465. The first-order valence-electron chi connectivity index (χ1n) is 32.7. The number of carbonyl (C=O) groups excluding carboxylic acids is 8. The van der Waals surface area contributed by atoms with Gasteiger partial charge in [-0.3, -0.25) is 43.3 Å². The second-order valence-electron chi connectivity index (χ2n) is 25.7. The predicted octanol–water partition coefficient (Wildman–Crippen LogP) is 6.93. The van der Waals surface area contributed by atoms with Crippen LogP contribution in [0.15, 0.2) is 100.0 Å². The van der Waals surface area contributed by atoms with Gasteiger partial charge < -0.3 is 80.8 Å². The number of amides is 8. The van der Waals surface area contributed by atoms with Crippen LogP contribution in [-0.4, -0.2) is 140 Å². The molecule has 526 valence electrons. The summed E-state index contributed by atoms with van der Waals surface area (Å²) in [5.41, 5.74) is 5.08. The molecule has 0 spiro atoms. The summed E-state index contributed by atoms with van der Waals surface area (Å²) in [6, 6.07) is 8.48. The maximum Gasteiger partial charge on any atom is 0.312 e. The molecule has 0 saturated carbocycles. The number of urea groups is 1. The molecule has 12 atom stereocenters. The maximum atomic E-state index is 14.8. The van der Waals surface area contributed by atoms with E-state index < -0.39 is 125 Å². The van der Waals surface area contributed by atoms with E-state index in [-0.39, 0.29) is 118 Å². The third-order valence-corrected chi connectivity index (χ3v) is 18.2. The van der Waals surface area contributed by atoms with E-state index in [1.807, 2.05) is 0 Å². The van der Waals surface area contributed by atoms with Crippen LogP contribution in [0.1, 0.15) is 124 Å². The van der Waals surface area contributed by atoms with Crippen molar-refractivity contribution >= 4 is 91.8 Å². The van der Waals surface area contributed by atoms with Crippen molar-refractivity contribution in [2.24, 2.45) is 35.3 Å². The number of hydrogen-bond acceptors (Lipinski definition) is 20. The number of aromatic hydroxyl groups is 1. The lowest BCUT2D eigenvalue weighted by Crippen LogP contribution is -2.54. The largest absolute Gasteiger partial charge is 0.505 e. The Kier molecular flexibility index (Phi) is 24.3. The summed E-state index contributed by atoms with van der Waals surface area (Å²) in [5, 5.41) is 61.3. The predicted molar refractivity (Wildman–Crippen MR) is 362 cm³/mol. The number of rotatable bonds is 21. The first kappa shape index (κ1) is 74.1. The number of carbonyl (C=O) groups is 8. The number of allylic oxidation sites excluding steroid dienone is 2. The number of nitrogens with two attached hydrogens (primary N) is 1. The average molecular weight is 1360 g/mol. The lowest BCUT2D eigenvalue weighted by molar-refractivity contribution is -0.181. The summed E-state index contributed by atoms with van der Waals surface area (Å²) >= 11 is 0. The Morgan fingerprint density at radius 3 is 2.21 bits per heavy atom. The average Bonchev–Trinajstić information content (AvgIpc) is 1.39. The van der Waals surface area contributed by atoms with Gasteiger partial charge in [0.15, 0.2) is 28.4 Å². The highest BCUT2D eigenvalue weighted by Crippen LogP contribution is 2.53. The van der Waals surface area contributed by atoms with E-state index in [0.717, 1.165) is 4.90 Å². The first-order chi connectivity index (χ1) is 46.5. The van der Waals surface area contributed by atoms with Crippen molar-refractivity contribution in [2.75, 3.05) is 30.8 Å². The van der Waals surface area contributed by atoms with Crippen molar-refractivity contribution in [1.29, 1.82) is 0 Å². The highest BCUT2D eigenvalue weighted by molar-refractivity contribution is 6.20. The molecule has 1 unspecified atom stereocenters. The van der Waals surface area contributed by atoms with E-state index in [1.165, 1.54) is 65.4 Å². The van der Waals surface area contributed by atoms with Crippen LogP contribution in [0.2, 0.25) is 0 Å². The summed E-state index contributed by atoms with van der Waals surface area (Å²) in [6.07, 6.45) is 5.88. The molecule has 11 N–H and O–H groups in total. The van der Waals surface area contributed by atoms with Gasteiger partial charge in [-0.2, -0.15) is 0 Å². The number of nitrogens with one attached hydrogen (secondary N) is 5. The SMILES string of the molecule is CO[C@H]1/C=C/O[C@@]2(C)Oc3c(C)c(=O)c4c(O)c(c5oc6cccc(OCc7ccc(NC(=O)[C@H](CCCNC(N)=O)NC(=O)[C@@H](NC(=O)CCCCCN8C(=O)C=CC8=O)C(C)C)cc7)c6nc5c4c3C2O)NC(=O)/C(C)=C\C=C\[C@H](C)[C@H](O)[C@@H](C)[C@@H](O)[C@@H](C)[C@H](OC(C)=O)[C@@H]1C. The molecule has 5 aromatic rings. The third-order valence-electron chi connectivity index (χ3n) is 18.2.